The largest absolute Gasteiger partial charge is 0.433 e. The van der Waals surface area contributed by atoms with Crippen molar-refractivity contribution in [1.82, 2.24) is 5.32 Å². The second kappa shape index (κ2) is 7.58. The minimum atomic E-state index is -0.526. The lowest BCUT2D eigenvalue weighted by Gasteiger charge is -2.19. The number of oxime groups is 1. The molecule has 0 radical (unpaired) electrons. The number of hydrogen-bond donors (Lipinski definition) is 1. The van der Waals surface area contributed by atoms with Gasteiger partial charge in [0.1, 0.15) is 5.04 Å². The van der Waals surface area contributed by atoms with Crippen LogP contribution >= 0.6 is 11.8 Å². The van der Waals surface area contributed by atoms with Gasteiger partial charge >= 0.3 is 6.09 Å². The molecule has 0 aliphatic rings. The first-order valence-electron chi connectivity index (χ1n) is 5.83. The number of nitrogens with zero attached hydrogens (tertiary/aromatic N) is 1. The summed E-state index contributed by atoms with van der Waals surface area (Å²) in [5.41, 5.74) is 0.134. The van der Waals surface area contributed by atoms with Crippen molar-refractivity contribution in [2.45, 2.75) is 41.0 Å². The third-order valence-corrected chi connectivity index (χ3v) is 3.08. The summed E-state index contributed by atoms with van der Waals surface area (Å²) < 4.78 is 0. The Morgan fingerprint density at radius 3 is 2.41 bits per heavy atom. The number of carbonyl (C=O) groups excluding carboxylic acids is 1. The number of rotatable bonds is 4. The first-order chi connectivity index (χ1) is 7.74. The molecule has 0 aromatic carbocycles. The SMILES string of the molecule is CNC(=O)ON=C(CC(C)(C)C)SCC(C)C. The summed E-state index contributed by atoms with van der Waals surface area (Å²) in [6.45, 7) is 10.7. The highest BCUT2D eigenvalue weighted by molar-refractivity contribution is 8.13. The zero-order valence-electron chi connectivity index (χ0n) is 11.7. The van der Waals surface area contributed by atoms with E-state index in [1.165, 1.54) is 7.05 Å². The lowest BCUT2D eigenvalue weighted by molar-refractivity contribution is 0.153. The van der Waals surface area contributed by atoms with Crippen LogP contribution in [0.25, 0.3) is 0 Å². The fourth-order valence-electron chi connectivity index (χ4n) is 0.964. The van der Waals surface area contributed by atoms with Crippen molar-refractivity contribution in [3.8, 4) is 0 Å². The van der Waals surface area contributed by atoms with Crippen molar-refractivity contribution in [2.75, 3.05) is 12.8 Å². The summed E-state index contributed by atoms with van der Waals surface area (Å²) in [4.78, 5) is 15.7. The summed E-state index contributed by atoms with van der Waals surface area (Å²) >= 11 is 1.65. The molecule has 17 heavy (non-hydrogen) atoms. The predicted octanol–water partition coefficient (Wildman–Crippen LogP) is 3.48. The Morgan fingerprint density at radius 2 is 2.00 bits per heavy atom. The van der Waals surface area contributed by atoms with Gasteiger partial charge in [0.15, 0.2) is 0 Å². The fourth-order valence-corrected chi connectivity index (χ4v) is 2.11. The molecule has 1 amide bonds. The maximum absolute atomic E-state index is 11.0. The molecule has 0 saturated carbocycles. The van der Waals surface area contributed by atoms with E-state index >= 15 is 0 Å². The van der Waals surface area contributed by atoms with E-state index in [-0.39, 0.29) is 5.41 Å². The molecule has 0 aromatic heterocycles. The molecule has 1 N–H and O–H groups in total. The molecule has 0 bridgehead atoms. The number of carbonyl (C=O) groups is 1. The summed E-state index contributed by atoms with van der Waals surface area (Å²) in [7, 11) is 1.52. The van der Waals surface area contributed by atoms with Gasteiger partial charge in [0.2, 0.25) is 0 Å². The first-order valence-corrected chi connectivity index (χ1v) is 6.81. The van der Waals surface area contributed by atoms with E-state index in [0.717, 1.165) is 17.2 Å². The van der Waals surface area contributed by atoms with E-state index in [0.29, 0.717) is 5.92 Å². The van der Waals surface area contributed by atoms with E-state index in [1.54, 1.807) is 11.8 Å². The molecule has 0 spiro atoms. The number of hydrogen-bond acceptors (Lipinski definition) is 4. The number of nitrogens with one attached hydrogen (secondary N) is 1. The Kier molecular flexibility index (Phi) is 7.27. The quantitative estimate of drug-likeness (QED) is 0.364. The van der Waals surface area contributed by atoms with Crippen LogP contribution in [0.15, 0.2) is 5.16 Å². The second-order valence-electron chi connectivity index (χ2n) is 5.56. The average Bonchev–Trinajstić information content (AvgIpc) is 2.19. The van der Waals surface area contributed by atoms with Gasteiger partial charge in [-0.05, 0) is 11.3 Å². The van der Waals surface area contributed by atoms with Crippen LogP contribution in [0.3, 0.4) is 0 Å². The predicted molar refractivity (Wildman–Crippen MR) is 74.3 cm³/mol. The Hall–Kier alpha value is -0.710. The molecule has 0 heterocycles. The van der Waals surface area contributed by atoms with E-state index in [1.807, 2.05) is 0 Å². The third-order valence-electron chi connectivity index (χ3n) is 1.70. The van der Waals surface area contributed by atoms with Gasteiger partial charge in [-0.25, -0.2) is 4.79 Å². The zero-order chi connectivity index (χ0) is 13.5. The molecule has 100 valence electrons. The summed E-state index contributed by atoms with van der Waals surface area (Å²) in [6.07, 6.45) is 0.281. The Balaban J connectivity index is 4.43. The number of thioether (sulfide) groups is 1. The molecule has 0 rings (SSSR count). The van der Waals surface area contributed by atoms with Gasteiger partial charge in [-0.15, -0.1) is 11.8 Å². The van der Waals surface area contributed by atoms with Gasteiger partial charge in [-0.2, -0.15) is 0 Å². The minimum Gasteiger partial charge on any atom is -0.323 e. The maximum Gasteiger partial charge on any atom is 0.433 e. The van der Waals surface area contributed by atoms with E-state index in [2.05, 4.69) is 45.1 Å². The lowest BCUT2D eigenvalue weighted by Crippen LogP contribution is -2.18. The summed E-state index contributed by atoms with van der Waals surface area (Å²) in [5, 5.41) is 7.16. The van der Waals surface area contributed by atoms with Crippen molar-refractivity contribution in [1.29, 1.82) is 0 Å². The van der Waals surface area contributed by atoms with Crippen molar-refractivity contribution in [3.63, 3.8) is 0 Å². The van der Waals surface area contributed by atoms with Gasteiger partial charge in [0.25, 0.3) is 0 Å². The van der Waals surface area contributed by atoms with Crippen LogP contribution in [0.2, 0.25) is 0 Å². The molecule has 0 unspecified atom stereocenters. The highest BCUT2D eigenvalue weighted by Gasteiger charge is 2.16. The van der Waals surface area contributed by atoms with E-state index < -0.39 is 6.09 Å². The van der Waals surface area contributed by atoms with Crippen molar-refractivity contribution < 1.29 is 9.63 Å². The minimum absolute atomic E-state index is 0.134. The summed E-state index contributed by atoms with van der Waals surface area (Å²) in [5.74, 6) is 1.57. The molecule has 0 fully saturated rings. The van der Waals surface area contributed by atoms with E-state index in [4.69, 9.17) is 4.84 Å². The third kappa shape index (κ3) is 10.2. The highest BCUT2D eigenvalue weighted by Crippen LogP contribution is 2.25. The van der Waals surface area contributed by atoms with Gasteiger partial charge in [-0.3, -0.25) is 4.84 Å². The average molecular weight is 260 g/mol. The van der Waals surface area contributed by atoms with Crippen LogP contribution in [0.1, 0.15) is 41.0 Å². The van der Waals surface area contributed by atoms with Crippen LogP contribution in [-0.2, 0) is 4.84 Å². The van der Waals surface area contributed by atoms with Crippen molar-refractivity contribution >= 4 is 22.9 Å². The topological polar surface area (TPSA) is 50.7 Å². The van der Waals surface area contributed by atoms with E-state index in [9.17, 15) is 4.79 Å². The molecule has 0 atom stereocenters. The Morgan fingerprint density at radius 1 is 1.41 bits per heavy atom. The van der Waals surface area contributed by atoms with Crippen molar-refractivity contribution in [3.05, 3.63) is 0 Å². The molecule has 0 aliphatic heterocycles. The van der Waals surface area contributed by atoms with Crippen molar-refractivity contribution in [2.24, 2.45) is 16.5 Å². The normalized spacial score (nSPS) is 12.8. The van der Waals surface area contributed by atoms with Gasteiger partial charge in [0.05, 0.1) is 0 Å². The molecule has 0 aliphatic carbocycles. The monoisotopic (exact) mass is 260 g/mol. The second-order valence-corrected chi connectivity index (χ2v) is 6.65. The Labute approximate surface area is 109 Å². The first kappa shape index (κ1) is 16.3. The van der Waals surface area contributed by atoms with Gasteiger partial charge in [-0.1, -0.05) is 39.8 Å². The molecule has 4 nitrogen and oxygen atoms in total. The van der Waals surface area contributed by atoms with Gasteiger partial charge < -0.3 is 5.32 Å². The zero-order valence-corrected chi connectivity index (χ0v) is 12.5. The van der Waals surface area contributed by atoms with Gasteiger partial charge in [0, 0.05) is 19.2 Å². The van der Waals surface area contributed by atoms with Crippen LogP contribution in [-0.4, -0.2) is 23.9 Å². The molecule has 0 aromatic rings. The molecular formula is C12H24N2O2S. The van der Waals surface area contributed by atoms with Crippen LogP contribution in [0, 0.1) is 11.3 Å². The smallest absolute Gasteiger partial charge is 0.323 e. The summed E-state index contributed by atoms with van der Waals surface area (Å²) in [6, 6.07) is 0. The molecule has 0 saturated heterocycles. The number of amides is 1. The molecular weight excluding hydrogens is 236 g/mol. The van der Waals surface area contributed by atoms with Crippen LogP contribution < -0.4 is 5.32 Å². The fraction of sp³-hybridized carbons (Fsp3) is 0.833. The highest BCUT2D eigenvalue weighted by atomic mass is 32.2. The lowest BCUT2D eigenvalue weighted by atomic mass is 9.93. The Bertz CT molecular complexity index is 270. The van der Waals surface area contributed by atoms with Crippen LogP contribution in [0.5, 0.6) is 0 Å². The van der Waals surface area contributed by atoms with Crippen LogP contribution in [0.4, 0.5) is 4.79 Å². The maximum atomic E-state index is 11.0. The standard InChI is InChI=1S/C12H24N2O2S/c1-9(2)8-17-10(7-12(3,4)5)14-16-11(15)13-6/h9H,7-8H2,1-6H3,(H,13,15). The molecule has 5 heteroatoms.